The van der Waals surface area contributed by atoms with Crippen molar-refractivity contribution < 1.29 is 18.3 Å². The molecule has 3 N–H and O–H groups in total. The highest BCUT2D eigenvalue weighted by molar-refractivity contribution is 5.97. The van der Waals surface area contributed by atoms with Crippen LogP contribution < -0.4 is 15.4 Å². The minimum atomic E-state index is -0.693. The van der Waals surface area contributed by atoms with E-state index in [0.29, 0.717) is 52.7 Å². The molecule has 0 unspecified atom stereocenters. The molecule has 1 aliphatic heterocycles. The van der Waals surface area contributed by atoms with Crippen LogP contribution in [0.5, 0.6) is 5.75 Å². The maximum Gasteiger partial charge on any atom is 0.269 e. The highest BCUT2D eigenvalue weighted by Crippen LogP contribution is 2.44. The zero-order valence-electron chi connectivity index (χ0n) is 21.5. The molecule has 198 valence electrons. The molecule has 11 heteroatoms. The second-order valence-electron chi connectivity index (χ2n) is 9.78. The Morgan fingerprint density at radius 2 is 1.92 bits per heavy atom. The SMILES string of the molecule is COc1ccc(F)c(-c2c(N3Cc4ccc(F)cc4C3)nc3c(C(C)C)c(C(N)=O)nn3c2-c2cn[nH]c2)c1. The molecule has 0 radical (unpaired) electrons. The third-order valence-electron chi connectivity index (χ3n) is 7.00. The normalized spacial score (nSPS) is 12.9. The van der Waals surface area contributed by atoms with Gasteiger partial charge in [-0.15, -0.1) is 0 Å². The van der Waals surface area contributed by atoms with E-state index in [4.69, 9.17) is 15.5 Å². The number of benzene rings is 2. The zero-order chi connectivity index (χ0) is 27.4. The topological polar surface area (TPSA) is 114 Å². The van der Waals surface area contributed by atoms with E-state index in [1.165, 1.54) is 35.9 Å². The minimum Gasteiger partial charge on any atom is -0.497 e. The van der Waals surface area contributed by atoms with E-state index in [1.54, 1.807) is 24.5 Å². The lowest BCUT2D eigenvalue weighted by Gasteiger charge is -2.24. The third-order valence-corrected chi connectivity index (χ3v) is 7.00. The summed E-state index contributed by atoms with van der Waals surface area (Å²) in [6.07, 6.45) is 3.25. The first-order chi connectivity index (χ1) is 18.8. The number of nitrogens with one attached hydrogen (secondary N) is 1. The molecule has 1 aliphatic rings. The van der Waals surface area contributed by atoms with Crippen LogP contribution in [-0.4, -0.2) is 37.8 Å². The fraction of sp³-hybridized carbons (Fsp3) is 0.214. The number of methoxy groups -OCH3 is 1. The number of halogens is 2. The summed E-state index contributed by atoms with van der Waals surface area (Å²) in [5, 5.41) is 11.5. The largest absolute Gasteiger partial charge is 0.497 e. The lowest BCUT2D eigenvalue weighted by Crippen LogP contribution is -2.19. The van der Waals surface area contributed by atoms with Gasteiger partial charge in [0.05, 0.1) is 24.6 Å². The van der Waals surface area contributed by atoms with Crippen molar-refractivity contribution in [2.45, 2.75) is 32.9 Å². The standard InChI is InChI=1S/C28H25F2N7O2/c1-14(2)22-24(26(31)38)35-37-25(17-10-32-33-11-17)23(20-9-19(39-3)6-7-21(20)30)27(34-28(22)37)36-12-15-4-5-18(29)8-16(15)13-36/h4-11,14H,12-13H2,1-3H3,(H2,31,38)(H,32,33). The highest BCUT2D eigenvalue weighted by atomic mass is 19.1. The molecule has 39 heavy (non-hydrogen) atoms. The van der Waals surface area contributed by atoms with E-state index in [0.717, 1.165) is 11.1 Å². The smallest absolute Gasteiger partial charge is 0.269 e. The van der Waals surface area contributed by atoms with E-state index >= 15 is 4.39 Å². The molecule has 0 bridgehead atoms. The van der Waals surface area contributed by atoms with Crippen LogP contribution in [0.1, 0.15) is 46.9 Å². The average molecular weight is 530 g/mol. The maximum atomic E-state index is 15.7. The molecule has 1 amide bonds. The van der Waals surface area contributed by atoms with Crippen LogP contribution in [-0.2, 0) is 13.1 Å². The van der Waals surface area contributed by atoms with Crippen molar-refractivity contribution >= 4 is 17.4 Å². The summed E-state index contributed by atoms with van der Waals surface area (Å²) in [5.41, 5.74) is 10.3. The van der Waals surface area contributed by atoms with Crippen molar-refractivity contribution in [3.63, 3.8) is 0 Å². The number of aromatic amines is 1. The third kappa shape index (κ3) is 3.97. The molecule has 4 heterocycles. The van der Waals surface area contributed by atoms with Crippen LogP contribution in [0.3, 0.4) is 0 Å². The summed E-state index contributed by atoms with van der Waals surface area (Å²) in [5.74, 6) is -0.782. The van der Waals surface area contributed by atoms with Crippen molar-refractivity contribution in [2.75, 3.05) is 12.0 Å². The number of anilines is 1. The Morgan fingerprint density at radius 3 is 2.62 bits per heavy atom. The van der Waals surface area contributed by atoms with Crippen LogP contribution in [0.25, 0.3) is 28.0 Å². The summed E-state index contributed by atoms with van der Waals surface area (Å²) in [6, 6.07) is 9.12. The molecule has 0 spiro atoms. The molecule has 9 nitrogen and oxygen atoms in total. The fourth-order valence-electron chi connectivity index (χ4n) is 5.23. The summed E-state index contributed by atoms with van der Waals surface area (Å²) in [7, 11) is 1.50. The first-order valence-electron chi connectivity index (χ1n) is 12.4. The number of rotatable bonds is 6. The van der Waals surface area contributed by atoms with E-state index in [-0.39, 0.29) is 23.0 Å². The number of hydrogen-bond acceptors (Lipinski definition) is 6. The predicted molar refractivity (Wildman–Crippen MR) is 141 cm³/mol. The lowest BCUT2D eigenvalue weighted by molar-refractivity contribution is 0.0994. The summed E-state index contributed by atoms with van der Waals surface area (Å²) < 4.78 is 36.7. The highest BCUT2D eigenvalue weighted by Gasteiger charge is 2.32. The maximum absolute atomic E-state index is 15.7. The van der Waals surface area contributed by atoms with Crippen LogP contribution in [0.2, 0.25) is 0 Å². The minimum absolute atomic E-state index is 0.0863. The number of nitrogens with zero attached hydrogens (tertiary/aromatic N) is 5. The van der Waals surface area contributed by atoms with E-state index in [1.807, 2.05) is 18.7 Å². The van der Waals surface area contributed by atoms with Gasteiger partial charge in [0.15, 0.2) is 11.3 Å². The second kappa shape index (κ2) is 9.19. The Balaban J connectivity index is 1.75. The number of carbonyl (C=O) groups is 1. The first kappa shape index (κ1) is 24.5. The van der Waals surface area contributed by atoms with Crippen molar-refractivity contribution in [3.05, 3.63) is 82.8 Å². The Kier molecular flexibility index (Phi) is 5.78. The van der Waals surface area contributed by atoms with Crippen LogP contribution >= 0.6 is 0 Å². The van der Waals surface area contributed by atoms with E-state index in [2.05, 4.69) is 15.3 Å². The molecule has 3 aromatic heterocycles. The number of hydrogen-bond donors (Lipinski definition) is 2. The van der Waals surface area contributed by atoms with Gasteiger partial charge < -0.3 is 15.4 Å². The molecule has 0 atom stereocenters. The summed E-state index contributed by atoms with van der Waals surface area (Å²) >= 11 is 0. The number of aromatic nitrogens is 5. The second-order valence-corrected chi connectivity index (χ2v) is 9.78. The Morgan fingerprint density at radius 1 is 1.13 bits per heavy atom. The molecular formula is C28H25F2N7O2. The molecule has 6 rings (SSSR count). The molecule has 5 aromatic rings. The van der Waals surface area contributed by atoms with Gasteiger partial charge in [0.25, 0.3) is 5.91 Å². The van der Waals surface area contributed by atoms with Crippen LogP contribution in [0.15, 0.2) is 48.8 Å². The number of H-pyrrole nitrogens is 1. The van der Waals surface area contributed by atoms with Crippen molar-refractivity contribution in [2.24, 2.45) is 5.73 Å². The van der Waals surface area contributed by atoms with Gasteiger partial charge >= 0.3 is 0 Å². The van der Waals surface area contributed by atoms with Gasteiger partial charge in [0.1, 0.15) is 23.2 Å². The fourth-order valence-corrected chi connectivity index (χ4v) is 5.23. The number of primary amides is 1. The lowest BCUT2D eigenvalue weighted by atomic mass is 9.98. The number of ether oxygens (including phenoxy) is 1. The summed E-state index contributed by atoms with van der Waals surface area (Å²) in [6.45, 7) is 4.63. The van der Waals surface area contributed by atoms with Gasteiger partial charge in [-0.3, -0.25) is 9.89 Å². The number of amides is 1. The first-order valence-corrected chi connectivity index (χ1v) is 12.4. The molecule has 0 aliphatic carbocycles. The molecule has 0 saturated carbocycles. The molecule has 0 fully saturated rings. The van der Waals surface area contributed by atoms with Crippen LogP contribution in [0.4, 0.5) is 14.6 Å². The number of carbonyl (C=O) groups excluding carboxylic acids is 1. The van der Waals surface area contributed by atoms with Crippen molar-refractivity contribution in [1.82, 2.24) is 24.8 Å². The number of nitrogens with two attached hydrogens (primary N) is 1. The van der Waals surface area contributed by atoms with Gasteiger partial charge in [-0.25, -0.2) is 18.3 Å². The van der Waals surface area contributed by atoms with E-state index in [9.17, 15) is 9.18 Å². The Labute approximate surface area is 222 Å². The Hall–Kier alpha value is -4.80. The Bertz CT molecular complexity index is 1750. The zero-order valence-corrected chi connectivity index (χ0v) is 21.5. The monoisotopic (exact) mass is 529 g/mol. The van der Waals surface area contributed by atoms with Gasteiger partial charge in [-0.05, 0) is 47.4 Å². The van der Waals surface area contributed by atoms with Crippen molar-refractivity contribution in [1.29, 1.82) is 0 Å². The van der Waals surface area contributed by atoms with Crippen LogP contribution in [0, 0.1) is 11.6 Å². The molecule has 0 saturated heterocycles. The van der Waals surface area contributed by atoms with Gasteiger partial charge in [0.2, 0.25) is 0 Å². The van der Waals surface area contributed by atoms with Gasteiger partial charge in [0, 0.05) is 36.0 Å². The predicted octanol–water partition coefficient (Wildman–Crippen LogP) is 4.82. The summed E-state index contributed by atoms with van der Waals surface area (Å²) in [4.78, 5) is 19.5. The quantitative estimate of drug-likeness (QED) is 0.326. The van der Waals surface area contributed by atoms with Crippen molar-refractivity contribution in [3.8, 4) is 28.1 Å². The average Bonchev–Trinajstić information content (AvgIpc) is 3.66. The molecule has 2 aromatic carbocycles. The van der Waals surface area contributed by atoms with Gasteiger partial charge in [-0.2, -0.15) is 10.2 Å². The van der Waals surface area contributed by atoms with E-state index < -0.39 is 11.7 Å². The number of fused-ring (bicyclic) bond motifs is 2. The van der Waals surface area contributed by atoms with Gasteiger partial charge in [-0.1, -0.05) is 19.9 Å². The molecular weight excluding hydrogens is 504 g/mol.